The number of rotatable bonds is 5. The van der Waals surface area contributed by atoms with Gasteiger partial charge in [0, 0.05) is 40.5 Å². The third-order valence-electron chi connectivity index (χ3n) is 8.54. The van der Waals surface area contributed by atoms with Gasteiger partial charge in [-0.15, -0.1) is 0 Å². The molecule has 3 aliphatic rings. The van der Waals surface area contributed by atoms with E-state index in [9.17, 15) is 25.4 Å². The van der Waals surface area contributed by atoms with Crippen LogP contribution in [0.2, 0.25) is 0 Å². The molecule has 2 aromatic rings. The van der Waals surface area contributed by atoms with E-state index >= 15 is 0 Å². The van der Waals surface area contributed by atoms with E-state index in [-0.39, 0.29) is 35.6 Å². The zero-order valence-corrected chi connectivity index (χ0v) is 23.4. The van der Waals surface area contributed by atoms with Crippen LogP contribution in [-0.4, -0.2) is 77.0 Å². The highest BCUT2D eigenvalue weighted by Gasteiger charge is 2.53. The van der Waals surface area contributed by atoms with Crippen LogP contribution in [0.1, 0.15) is 52.4 Å². The summed E-state index contributed by atoms with van der Waals surface area (Å²) in [5.74, 6) is -0.147. The van der Waals surface area contributed by atoms with Crippen LogP contribution in [0.3, 0.4) is 0 Å². The average Bonchev–Trinajstić information content (AvgIpc) is 2.91. The molecule has 6 N–H and O–H groups in total. The number of nitrogens with zero attached hydrogens (tertiary/aromatic N) is 3. The van der Waals surface area contributed by atoms with Crippen molar-refractivity contribution in [1.29, 1.82) is 5.26 Å². The van der Waals surface area contributed by atoms with Crippen LogP contribution in [0, 0.1) is 25.2 Å². The van der Waals surface area contributed by atoms with Gasteiger partial charge in [0.2, 0.25) is 5.91 Å². The minimum absolute atomic E-state index is 0.00131. The minimum atomic E-state index is -0.772. The predicted molar refractivity (Wildman–Crippen MR) is 147 cm³/mol. The highest BCUT2D eigenvalue weighted by atomic mass is 16.5. The molecule has 2 aromatic carbocycles. The number of benzene rings is 2. The SMILES string of the molecule is COc1c(C)cc2c(c1O)C1C3=Cc4c(O)c(C)c(OC)c(O)c4[C@H](CNC(=O)C(C)N)N3[C@@H](C#N)[C@H](C2)N1C. The van der Waals surface area contributed by atoms with Crippen LogP contribution < -0.4 is 20.5 Å². The molecule has 3 aliphatic heterocycles. The van der Waals surface area contributed by atoms with E-state index in [1.165, 1.54) is 14.2 Å². The van der Waals surface area contributed by atoms with Crippen LogP contribution in [-0.2, 0) is 11.2 Å². The summed E-state index contributed by atoms with van der Waals surface area (Å²) >= 11 is 0. The summed E-state index contributed by atoms with van der Waals surface area (Å²) < 4.78 is 11.0. The summed E-state index contributed by atoms with van der Waals surface area (Å²) in [5.41, 5.74) is 9.85. The van der Waals surface area contributed by atoms with E-state index in [2.05, 4.69) is 16.3 Å². The van der Waals surface area contributed by atoms with Gasteiger partial charge in [0.25, 0.3) is 0 Å². The van der Waals surface area contributed by atoms with E-state index in [0.717, 1.165) is 11.1 Å². The van der Waals surface area contributed by atoms with Crippen LogP contribution in [0.25, 0.3) is 6.08 Å². The lowest BCUT2D eigenvalue weighted by Crippen LogP contribution is -2.62. The fourth-order valence-corrected chi connectivity index (χ4v) is 6.66. The molecule has 2 bridgehead atoms. The number of piperazine rings is 1. The summed E-state index contributed by atoms with van der Waals surface area (Å²) in [6, 6.07) is 1.45. The third kappa shape index (κ3) is 3.74. The van der Waals surface area contributed by atoms with Gasteiger partial charge < -0.3 is 40.7 Å². The second kappa shape index (κ2) is 9.80. The van der Waals surface area contributed by atoms with Gasteiger partial charge in [-0.05, 0) is 51.4 Å². The first kappa shape index (κ1) is 27.4. The van der Waals surface area contributed by atoms with Crippen LogP contribution in [0.15, 0.2) is 11.8 Å². The Morgan fingerprint density at radius 1 is 1.18 bits per heavy atom. The first-order valence-corrected chi connectivity index (χ1v) is 13.1. The molecular weight excluding hydrogens is 514 g/mol. The molecule has 11 heteroatoms. The zero-order chi connectivity index (χ0) is 29.2. The van der Waals surface area contributed by atoms with E-state index < -0.39 is 30.1 Å². The number of carbonyl (C=O) groups is 1. The normalized spacial score (nSPS) is 23.6. The minimum Gasteiger partial charge on any atom is -0.507 e. The molecule has 0 aromatic heterocycles. The van der Waals surface area contributed by atoms with Crippen LogP contribution >= 0.6 is 0 Å². The van der Waals surface area contributed by atoms with Crippen molar-refractivity contribution in [3.63, 3.8) is 0 Å². The monoisotopic (exact) mass is 549 g/mol. The number of phenolic OH excluding ortho intramolecular Hbond substituents is 3. The number of amides is 1. The molecule has 5 atom stereocenters. The van der Waals surface area contributed by atoms with Gasteiger partial charge in [-0.3, -0.25) is 9.69 Å². The number of methoxy groups -OCH3 is 2. The van der Waals surface area contributed by atoms with E-state index in [0.29, 0.717) is 40.1 Å². The van der Waals surface area contributed by atoms with Crippen molar-refractivity contribution in [3.05, 3.63) is 45.1 Å². The maximum Gasteiger partial charge on any atom is 0.236 e. The third-order valence-corrected chi connectivity index (χ3v) is 8.54. The first-order chi connectivity index (χ1) is 19.0. The fraction of sp³-hybridized carbons (Fsp3) is 0.448. The van der Waals surface area contributed by atoms with Gasteiger partial charge >= 0.3 is 0 Å². The Kier molecular flexibility index (Phi) is 6.72. The van der Waals surface area contributed by atoms with Crippen molar-refractivity contribution in [1.82, 2.24) is 15.1 Å². The Bertz CT molecular complexity index is 1480. The Morgan fingerprint density at radius 3 is 2.42 bits per heavy atom. The highest BCUT2D eigenvalue weighted by molar-refractivity contribution is 5.81. The number of likely N-dealkylation sites (N-methyl/N-ethyl adjacent to an activating group) is 1. The molecule has 1 amide bonds. The standard InChI is InChI=1S/C29H35N5O6/c1-12-7-15-8-17-19(10-30)34-18(23(33(17)4)21(15)25(36)27(12)39-5)9-16-22(20(34)11-32-29(38)14(3)31)26(37)28(40-6)13(2)24(16)35/h7,9,14,17,19-20,23,35-37H,8,11,31H2,1-6H3,(H,32,38)/t14?,17-,19-,20-,23?/m0/s1. The molecule has 40 heavy (non-hydrogen) atoms. The summed E-state index contributed by atoms with van der Waals surface area (Å²) in [5, 5.41) is 47.5. The number of nitrogens with one attached hydrogen (secondary N) is 1. The van der Waals surface area contributed by atoms with E-state index in [1.807, 2.05) is 24.9 Å². The number of hydrogen-bond acceptors (Lipinski definition) is 10. The van der Waals surface area contributed by atoms with Gasteiger partial charge in [0.15, 0.2) is 23.0 Å². The molecule has 3 heterocycles. The second-order valence-corrected chi connectivity index (χ2v) is 10.8. The van der Waals surface area contributed by atoms with Gasteiger partial charge in [0.1, 0.15) is 11.8 Å². The Morgan fingerprint density at radius 2 is 1.82 bits per heavy atom. The van der Waals surface area contributed by atoms with E-state index in [1.54, 1.807) is 19.9 Å². The van der Waals surface area contributed by atoms with Gasteiger partial charge in [-0.2, -0.15) is 5.26 Å². The van der Waals surface area contributed by atoms with Crippen LogP contribution in [0.4, 0.5) is 0 Å². The predicted octanol–water partition coefficient (Wildman–Crippen LogP) is 2.10. The molecule has 0 aliphatic carbocycles. The Labute approximate surface area is 233 Å². The van der Waals surface area contributed by atoms with Crippen molar-refractivity contribution in [2.45, 2.75) is 57.4 Å². The van der Waals surface area contributed by atoms with E-state index in [4.69, 9.17) is 15.2 Å². The van der Waals surface area contributed by atoms with Crippen molar-refractivity contribution in [2.75, 3.05) is 27.8 Å². The lowest BCUT2D eigenvalue weighted by atomic mass is 9.75. The molecule has 1 saturated heterocycles. The van der Waals surface area contributed by atoms with Gasteiger partial charge in [-0.1, -0.05) is 6.07 Å². The Hall–Kier alpha value is -4.14. The quantitative estimate of drug-likeness (QED) is 0.349. The molecule has 0 saturated carbocycles. The molecule has 1 fully saturated rings. The number of aryl methyl sites for hydroxylation is 1. The molecule has 0 radical (unpaired) electrons. The summed E-state index contributed by atoms with van der Waals surface area (Å²) in [4.78, 5) is 16.5. The molecule has 2 unspecified atom stereocenters. The summed E-state index contributed by atoms with van der Waals surface area (Å²) in [6.45, 7) is 5.08. The van der Waals surface area contributed by atoms with Crippen molar-refractivity contribution < 1.29 is 29.6 Å². The highest BCUT2D eigenvalue weighted by Crippen LogP contribution is 2.57. The molecule has 212 valence electrons. The van der Waals surface area contributed by atoms with Crippen LogP contribution in [0.5, 0.6) is 28.7 Å². The maximum absolute atomic E-state index is 12.6. The van der Waals surface area contributed by atoms with Crippen molar-refractivity contribution in [2.24, 2.45) is 5.73 Å². The lowest BCUT2D eigenvalue weighted by Gasteiger charge is -2.57. The van der Waals surface area contributed by atoms with Crippen molar-refractivity contribution in [3.8, 4) is 34.8 Å². The molecular formula is C29H35N5O6. The topological polar surface area (TPSA) is 165 Å². The second-order valence-electron chi connectivity index (χ2n) is 10.8. The number of ether oxygens (including phenoxy) is 2. The lowest BCUT2D eigenvalue weighted by molar-refractivity contribution is -0.122. The number of hydrogen-bond donors (Lipinski definition) is 5. The van der Waals surface area contributed by atoms with Gasteiger partial charge in [-0.25, -0.2) is 0 Å². The summed E-state index contributed by atoms with van der Waals surface area (Å²) in [6.07, 6.45) is 2.24. The molecule has 11 nitrogen and oxygen atoms in total. The average molecular weight is 550 g/mol. The number of nitrogens with two attached hydrogens (primary N) is 1. The number of aromatic hydroxyl groups is 3. The van der Waals surface area contributed by atoms with Gasteiger partial charge in [0.05, 0.1) is 38.4 Å². The smallest absolute Gasteiger partial charge is 0.236 e. The number of phenols is 3. The first-order valence-electron chi connectivity index (χ1n) is 13.1. The summed E-state index contributed by atoms with van der Waals surface area (Å²) in [7, 11) is 4.82. The Balaban J connectivity index is 1.81. The molecule has 5 rings (SSSR count). The zero-order valence-electron chi connectivity index (χ0n) is 23.4. The molecule has 0 spiro atoms. The maximum atomic E-state index is 12.6. The largest absolute Gasteiger partial charge is 0.507 e. The number of carbonyl (C=O) groups excluding carboxylic acids is 1. The number of fused-ring (bicyclic) bond motifs is 7. The number of nitriles is 1. The fourth-order valence-electron chi connectivity index (χ4n) is 6.66. The van der Waals surface area contributed by atoms with Crippen molar-refractivity contribution >= 4 is 12.0 Å².